The molecule has 2 saturated heterocycles. The van der Waals surface area contributed by atoms with E-state index in [-0.39, 0.29) is 18.3 Å². The maximum Gasteiger partial charge on any atom is 0.234 e. The van der Waals surface area contributed by atoms with Crippen LogP contribution in [-0.2, 0) is 4.79 Å². The van der Waals surface area contributed by atoms with Crippen LogP contribution in [0.3, 0.4) is 0 Å². The fraction of sp³-hybridized carbons (Fsp3) is 0.933. The number of hydrogen-bond donors (Lipinski definition) is 2. The standard InChI is InChI=1S/C15H27N3O.ClH/c19-15(17-14-5-3-1-2-4-6-14)11-18-9-12-7-16-8-13(12)10-18;/h12-14,16H,1-11H2,(H,17,19);1H/t12-,13+;. The number of likely N-dealkylation sites (tertiary alicyclic amines) is 1. The van der Waals surface area contributed by atoms with E-state index >= 15 is 0 Å². The molecule has 1 amide bonds. The van der Waals surface area contributed by atoms with Gasteiger partial charge in [-0.1, -0.05) is 25.7 Å². The fourth-order valence-electron chi connectivity index (χ4n) is 3.98. The van der Waals surface area contributed by atoms with Crippen molar-refractivity contribution in [3.05, 3.63) is 0 Å². The highest BCUT2D eigenvalue weighted by Gasteiger charge is 2.36. The second-order valence-electron chi connectivity index (χ2n) is 6.63. The number of nitrogens with one attached hydrogen (secondary N) is 2. The molecule has 0 radical (unpaired) electrons. The van der Waals surface area contributed by atoms with Crippen molar-refractivity contribution in [1.82, 2.24) is 15.5 Å². The van der Waals surface area contributed by atoms with Gasteiger partial charge in [0.15, 0.2) is 0 Å². The van der Waals surface area contributed by atoms with Gasteiger partial charge in [0, 0.05) is 19.1 Å². The lowest BCUT2D eigenvalue weighted by atomic mass is 10.0. The third kappa shape index (κ3) is 4.09. The van der Waals surface area contributed by atoms with Crippen molar-refractivity contribution in [3.8, 4) is 0 Å². The molecule has 0 aromatic heterocycles. The van der Waals surface area contributed by atoms with Crippen molar-refractivity contribution in [1.29, 1.82) is 0 Å². The van der Waals surface area contributed by atoms with E-state index in [1.54, 1.807) is 0 Å². The summed E-state index contributed by atoms with van der Waals surface area (Å²) in [7, 11) is 0. The van der Waals surface area contributed by atoms with Crippen LogP contribution < -0.4 is 10.6 Å². The van der Waals surface area contributed by atoms with Crippen LogP contribution in [0.1, 0.15) is 38.5 Å². The normalized spacial score (nSPS) is 31.4. The summed E-state index contributed by atoms with van der Waals surface area (Å²) in [6.07, 6.45) is 7.61. The Balaban J connectivity index is 0.00000147. The summed E-state index contributed by atoms with van der Waals surface area (Å²) < 4.78 is 0. The molecular weight excluding hydrogens is 274 g/mol. The number of hydrogen-bond acceptors (Lipinski definition) is 3. The summed E-state index contributed by atoms with van der Waals surface area (Å²) in [5.74, 6) is 1.82. The largest absolute Gasteiger partial charge is 0.352 e. The van der Waals surface area contributed by atoms with E-state index in [0.717, 1.165) is 38.0 Å². The minimum Gasteiger partial charge on any atom is -0.352 e. The van der Waals surface area contributed by atoms with Gasteiger partial charge >= 0.3 is 0 Å². The average molecular weight is 302 g/mol. The van der Waals surface area contributed by atoms with E-state index < -0.39 is 0 Å². The van der Waals surface area contributed by atoms with Crippen molar-refractivity contribution < 1.29 is 4.79 Å². The highest BCUT2D eigenvalue weighted by Crippen LogP contribution is 2.25. The highest BCUT2D eigenvalue weighted by molar-refractivity contribution is 5.85. The van der Waals surface area contributed by atoms with Gasteiger partial charge < -0.3 is 10.6 Å². The maximum absolute atomic E-state index is 12.1. The zero-order valence-corrected chi connectivity index (χ0v) is 13.1. The number of carbonyl (C=O) groups excluding carboxylic acids is 1. The van der Waals surface area contributed by atoms with Gasteiger partial charge in [-0.25, -0.2) is 0 Å². The molecule has 0 bridgehead atoms. The lowest BCUT2D eigenvalue weighted by Crippen LogP contribution is -2.42. The average Bonchev–Trinajstić information content (AvgIpc) is 2.83. The first-order chi connectivity index (χ1) is 9.31. The zero-order chi connectivity index (χ0) is 13.1. The molecule has 1 saturated carbocycles. The Morgan fingerprint density at radius 3 is 2.25 bits per heavy atom. The number of halogens is 1. The number of nitrogens with zero attached hydrogens (tertiary/aromatic N) is 1. The first-order valence-electron chi connectivity index (χ1n) is 8.03. The molecule has 5 heteroatoms. The van der Waals surface area contributed by atoms with Gasteiger partial charge in [0.05, 0.1) is 6.54 Å². The van der Waals surface area contributed by atoms with Crippen LogP contribution in [0.5, 0.6) is 0 Å². The van der Waals surface area contributed by atoms with Crippen molar-refractivity contribution in [3.63, 3.8) is 0 Å². The number of rotatable bonds is 3. The Hall–Kier alpha value is -0.320. The van der Waals surface area contributed by atoms with Gasteiger partial charge in [0.25, 0.3) is 0 Å². The van der Waals surface area contributed by atoms with Gasteiger partial charge in [-0.15, -0.1) is 12.4 Å². The SMILES string of the molecule is Cl.O=C(CN1C[C@H]2CNC[C@H]2C1)NC1CCCCCC1. The van der Waals surface area contributed by atoms with Crippen LogP contribution in [0.2, 0.25) is 0 Å². The van der Waals surface area contributed by atoms with E-state index in [4.69, 9.17) is 0 Å². The quantitative estimate of drug-likeness (QED) is 0.775. The van der Waals surface area contributed by atoms with E-state index in [9.17, 15) is 4.79 Å². The van der Waals surface area contributed by atoms with E-state index in [1.165, 1.54) is 38.5 Å². The van der Waals surface area contributed by atoms with Crippen LogP contribution in [0.4, 0.5) is 0 Å². The molecule has 3 rings (SSSR count). The maximum atomic E-state index is 12.1. The van der Waals surface area contributed by atoms with Crippen molar-refractivity contribution in [2.24, 2.45) is 11.8 Å². The van der Waals surface area contributed by atoms with E-state index in [2.05, 4.69) is 15.5 Å². The molecule has 3 aliphatic rings. The number of fused-ring (bicyclic) bond motifs is 1. The summed E-state index contributed by atoms with van der Waals surface area (Å²) in [4.78, 5) is 14.5. The van der Waals surface area contributed by atoms with E-state index in [1.807, 2.05) is 0 Å². The lowest BCUT2D eigenvalue weighted by Gasteiger charge is -2.20. The Kier molecular flexibility index (Phi) is 6.12. The van der Waals surface area contributed by atoms with Crippen molar-refractivity contribution in [2.45, 2.75) is 44.6 Å². The summed E-state index contributed by atoms with van der Waals surface area (Å²) in [5.41, 5.74) is 0. The van der Waals surface area contributed by atoms with Crippen LogP contribution in [0.15, 0.2) is 0 Å². The molecule has 0 aromatic carbocycles. The van der Waals surface area contributed by atoms with E-state index in [0.29, 0.717) is 12.6 Å². The molecule has 2 heterocycles. The summed E-state index contributed by atoms with van der Waals surface area (Å²) in [6.45, 7) is 5.12. The Morgan fingerprint density at radius 1 is 1.05 bits per heavy atom. The third-order valence-corrected chi connectivity index (χ3v) is 5.05. The lowest BCUT2D eigenvalue weighted by molar-refractivity contribution is -0.122. The molecule has 0 unspecified atom stereocenters. The molecule has 2 aliphatic heterocycles. The van der Waals surface area contributed by atoms with Gasteiger partial charge in [-0.05, 0) is 37.8 Å². The molecule has 0 spiro atoms. The Labute approximate surface area is 128 Å². The first-order valence-corrected chi connectivity index (χ1v) is 8.03. The molecule has 3 fully saturated rings. The first kappa shape index (κ1) is 16.1. The smallest absolute Gasteiger partial charge is 0.234 e. The van der Waals surface area contributed by atoms with Gasteiger partial charge in [0.2, 0.25) is 5.91 Å². The molecule has 0 aromatic rings. The monoisotopic (exact) mass is 301 g/mol. The minimum absolute atomic E-state index is 0. The second-order valence-corrected chi connectivity index (χ2v) is 6.63. The predicted molar refractivity (Wildman–Crippen MR) is 83.2 cm³/mol. The van der Waals surface area contributed by atoms with Crippen molar-refractivity contribution >= 4 is 18.3 Å². The third-order valence-electron chi connectivity index (χ3n) is 5.05. The minimum atomic E-state index is 0. The van der Waals surface area contributed by atoms with Crippen LogP contribution in [0, 0.1) is 11.8 Å². The molecule has 1 aliphatic carbocycles. The molecule has 116 valence electrons. The van der Waals surface area contributed by atoms with Gasteiger partial charge in [-0.3, -0.25) is 9.69 Å². The Morgan fingerprint density at radius 2 is 1.65 bits per heavy atom. The topological polar surface area (TPSA) is 44.4 Å². The highest BCUT2D eigenvalue weighted by atomic mass is 35.5. The van der Waals surface area contributed by atoms with Crippen LogP contribution in [0.25, 0.3) is 0 Å². The van der Waals surface area contributed by atoms with Gasteiger partial charge in [0.1, 0.15) is 0 Å². The summed E-state index contributed by atoms with van der Waals surface area (Å²) in [5, 5.41) is 6.70. The fourth-order valence-corrected chi connectivity index (χ4v) is 3.98. The van der Waals surface area contributed by atoms with Crippen LogP contribution in [-0.4, -0.2) is 49.6 Å². The molecular formula is C15H28ClN3O. The Bertz CT molecular complexity index is 306. The number of carbonyl (C=O) groups is 1. The predicted octanol–water partition coefficient (Wildman–Crippen LogP) is 1.40. The molecule has 2 N–H and O–H groups in total. The van der Waals surface area contributed by atoms with Gasteiger partial charge in [-0.2, -0.15) is 0 Å². The second kappa shape index (κ2) is 7.62. The summed E-state index contributed by atoms with van der Waals surface area (Å²) >= 11 is 0. The summed E-state index contributed by atoms with van der Waals surface area (Å²) in [6, 6.07) is 0.443. The zero-order valence-electron chi connectivity index (χ0n) is 12.3. The number of amides is 1. The molecule has 2 atom stereocenters. The van der Waals surface area contributed by atoms with Crippen molar-refractivity contribution in [2.75, 3.05) is 32.7 Å². The molecule has 4 nitrogen and oxygen atoms in total. The van der Waals surface area contributed by atoms with Crippen LogP contribution >= 0.6 is 12.4 Å². The molecule has 20 heavy (non-hydrogen) atoms.